The average Bonchev–Trinajstić information content (AvgIpc) is 2.26. The zero-order chi connectivity index (χ0) is 12.2. The number of hydrogen-bond donors (Lipinski definition) is 1. The maximum absolute atomic E-state index is 5.21. The van der Waals surface area contributed by atoms with Crippen molar-refractivity contribution in [2.75, 3.05) is 20.3 Å². The van der Waals surface area contributed by atoms with Crippen LogP contribution in [0.5, 0.6) is 0 Å². The highest BCUT2D eigenvalue weighted by molar-refractivity contribution is 4.70. The molecule has 0 aliphatic carbocycles. The van der Waals surface area contributed by atoms with Gasteiger partial charge in [0.05, 0.1) is 0 Å². The maximum atomic E-state index is 5.21. The minimum Gasteiger partial charge on any atom is -0.384 e. The molecule has 16 heavy (non-hydrogen) atoms. The van der Waals surface area contributed by atoms with Crippen LogP contribution in [0.15, 0.2) is 0 Å². The van der Waals surface area contributed by atoms with Crippen molar-refractivity contribution in [1.82, 2.24) is 5.32 Å². The molecule has 0 amide bonds. The van der Waals surface area contributed by atoms with E-state index in [-0.39, 0.29) is 0 Å². The minimum atomic E-state index is 0.668. The summed E-state index contributed by atoms with van der Waals surface area (Å²) in [5, 5.41) is 3.66. The third-order valence-corrected chi connectivity index (χ3v) is 2.98. The highest BCUT2D eigenvalue weighted by Crippen LogP contribution is 2.13. The fourth-order valence-electron chi connectivity index (χ4n) is 2.13. The predicted octanol–water partition coefficient (Wildman–Crippen LogP) is 3.61. The lowest BCUT2D eigenvalue weighted by Crippen LogP contribution is -2.32. The molecule has 2 atom stereocenters. The Hall–Kier alpha value is -0.0800. The maximum Gasteiger partial charge on any atom is 0.0488 e. The molecule has 0 aliphatic heterocycles. The standard InChI is InChI=1S/C14H31NO/c1-5-7-8-9-14(15-10-6-2)11-13(3)12-16-4/h13-15H,5-12H2,1-4H3. The number of unbranched alkanes of at least 4 members (excludes halogenated alkanes) is 2. The van der Waals surface area contributed by atoms with Gasteiger partial charge in [-0.1, -0.05) is 40.0 Å². The molecule has 98 valence electrons. The summed E-state index contributed by atoms with van der Waals surface area (Å²) in [4.78, 5) is 0. The molecule has 0 radical (unpaired) electrons. The van der Waals surface area contributed by atoms with Gasteiger partial charge in [-0.15, -0.1) is 0 Å². The van der Waals surface area contributed by atoms with Crippen LogP contribution in [0.25, 0.3) is 0 Å². The summed E-state index contributed by atoms with van der Waals surface area (Å²) in [6.45, 7) is 8.81. The molecule has 0 aromatic carbocycles. The Morgan fingerprint density at radius 1 is 1.12 bits per heavy atom. The summed E-state index contributed by atoms with van der Waals surface area (Å²) in [5.41, 5.74) is 0. The molecule has 0 aliphatic rings. The molecule has 2 nitrogen and oxygen atoms in total. The van der Waals surface area contributed by atoms with Gasteiger partial charge < -0.3 is 10.1 Å². The van der Waals surface area contributed by atoms with Crippen LogP contribution in [0.4, 0.5) is 0 Å². The molecular formula is C14H31NO. The van der Waals surface area contributed by atoms with Crippen LogP contribution < -0.4 is 5.32 Å². The minimum absolute atomic E-state index is 0.668. The normalized spacial score (nSPS) is 15.0. The van der Waals surface area contributed by atoms with Gasteiger partial charge in [-0.05, 0) is 31.7 Å². The molecular weight excluding hydrogens is 198 g/mol. The third-order valence-electron chi connectivity index (χ3n) is 2.98. The average molecular weight is 229 g/mol. The highest BCUT2D eigenvalue weighted by atomic mass is 16.5. The Bertz CT molecular complexity index is 139. The van der Waals surface area contributed by atoms with Crippen molar-refractivity contribution < 1.29 is 4.74 Å². The number of rotatable bonds is 11. The van der Waals surface area contributed by atoms with Gasteiger partial charge >= 0.3 is 0 Å². The van der Waals surface area contributed by atoms with Crippen molar-refractivity contribution in [3.63, 3.8) is 0 Å². The van der Waals surface area contributed by atoms with Gasteiger partial charge in [0.1, 0.15) is 0 Å². The quantitative estimate of drug-likeness (QED) is 0.547. The Balaban J connectivity index is 3.78. The smallest absolute Gasteiger partial charge is 0.0488 e. The molecule has 1 N–H and O–H groups in total. The van der Waals surface area contributed by atoms with Crippen LogP contribution >= 0.6 is 0 Å². The topological polar surface area (TPSA) is 21.3 Å². The molecule has 0 bridgehead atoms. The molecule has 0 heterocycles. The van der Waals surface area contributed by atoms with E-state index in [2.05, 4.69) is 26.1 Å². The van der Waals surface area contributed by atoms with E-state index in [1.54, 1.807) is 7.11 Å². The van der Waals surface area contributed by atoms with Crippen molar-refractivity contribution in [2.24, 2.45) is 5.92 Å². The van der Waals surface area contributed by atoms with Crippen molar-refractivity contribution in [1.29, 1.82) is 0 Å². The molecule has 0 saturated carbocycles. The molecule has 2 heteroatoms. The summed E-state index contributed by atoms with van der Waals surface area (Å²) in [7, 11) is 1.79. The van der Waals surface area contributed by atoms with Gasteiger partial charge in [0.25, 0.3) is 0 Å². The lowest BCUT2D eigenvalue weighted by atomic mass is 9.97. The van der Waals surface area contributed by atoms with Crippen molar-refractivity contribution >= 4 is 0 Å². The van der Waals surface area contributed by atoms with Gasteiger partial charge in [0.15, 0.2) is 0 Å². The highest BCUT2D eigenvalue weighted by Gasteiger charge is 2.11. The molecule has 0 aromatic heterocycles. The molecule has 0 fully saturated rings. The van der Waals surface area contributed by atoms with Crippen molar-refractivity contribution in [2.45, 2.75) is 65.3 Å². The first kappa shape index (κ1) is 15.9. The van der Waals surface area contributed by atoms with Gasteiger partial charge in [-0.25, -0.2) is 0 Å². The number of hydrogen-bond acceptors (Lipinski definition) is 2. The van der Waals surface area contributed by atoms with E-state index in [0.29, 0.717) is 12.0 Å². The van der Waals surface area contributed by atoms with Crippen molar-refractivity contribution in [3.05, 3.63) is 0 Å². The van der Waals surface area contributed by atoms with Gasteiger partial charge in [-0.2, -0.15) is 0 Å². The zero-order valence-electron chi connectivity index (χ0n) is 11.7. The summed E-state index contributed by atoms with van der Waals surface area (Å²) < 4.78 is 5.21. The predicted molar refractivity (Wildman–Crippen MR) is 71.9 cm³/mol. The van der Waals surface area contributed by atoms with Crippen LogP contribution in [0.2, 0.25) is 0 Å². The van der Waals surface area contributed by atoms with Crippen LogP contribution in [0.3, 0.4) is 0 Å². The van der Waals surface area contributed by atoms with Gasteiger partial charge in [0.2, 0.25) is 0 Å². The van der Waals surface area contributed by atoms with Crippen LogP contribution in [0.1, 0.15) is 59.3 Å². The number of nitrogens with one attached hydrogen (secondary N) is 1. The molecule has 0 spiro atoms. The van der Waals surface area contributed by atoms with E-state index in [1.807, 2.05) is 0 Å². The number of methoxy groups -OCH3 is 1. The molecule has 0 rings (SSSR count). The summed E-state index contributed by atoms with van der Waals surface area (Å²) in [5.74, 6) is 0.668. The second-order valence-corrected chi connectivity index (χ2v) is 4.94. The van der Waals surface area contributed by atoms with E-state index < -0.39 is 0 Å². The Labute approximate surface area is 102 Å². The van der Waals surface area contributed by atoms with Crippen molar-refractivity contribution in [3.8, 4) is 0 Å². The third kappa shape index (κ3) is 9.17. The second kappa shape index (κ2) is 11.4. The van der Waals surface area contributed by atoms with E-state index in [4.69, 9.17) is 4.74 Å². The van der Waals surface area contributed by atoms with E-state index in [9.17, 15) is 0 Å². The van der Waals surface area contributed by atoms with Crippen LogP contribution in [-0.2, 0) is 4.74 Å². The first-order valence-corrected chi connectivity index (χ1v) is 6.96. The summed E-state index contributed by atoms with van der Waals surface area (Å²) in [6.07, 6.45) is 7.83. The van der Waals surface area contributed by atoms with Gasteiger partial charge in [-0.3, -0.25) is 0 Å². The van der Waals surface area contributed by atoms with E-state index >= 15 is 0 Å². The SMILES string of the molecule is CCCCCC(CC(C)COC)NCCC. The Morgan fingerprint density at radius 3 is 2.44 bits per heavy atom. The summed E-state index contributed by atoms with van der Waals surface area (Å²) in [6, 6.07) is 0.691. The largest absolute Gasteiger partial charge is 0.384 e. The first-order chi connectivity index (χ1) is 7.74. The molecule has 0 saturated heterocycles. The van der Waals surface area contributed by atoms with Crippen LogP contribution in [-0.4, -0.2) is 26.3 Å². The lowest BCUT2D eigenvalue weighted by Gasteiger charge is -2.22. The van der Waals surface area contributed by atoms with E-state index in [0.717, 1.165) is 13.2 Å². The first-order valence-electron chi connectivity index (χ1n) is 6.96. The van der Waals surface area contributed by atoms with E-state index in [1.165, 1.54) is 38.5 Å². The molecule has 2 unspecified atom stereocenters. The monoisotopic (exact) mass is 229 g/mol. The lowest BCUT2D eigenvalue weighted by molar-refractivity contribution is 0.148. The number of ether oxygens (including phenoxy) is 1. The zero-order valence-corrected chi connectivity index (χ0v) is 11.7. The Kier molecular flexibility index (Phi) is 11.3. The fraction of sp³-hybridized carbons (Fsp3) is 1.00. The summed E-state index contributed by atoms with van der Waals surface area (Å²) >= 11 is 0. The van der Waals surface area contributed by atoms with Gasteiger partial charge in [0, 0.05) is 19.8 Å². The Morgan fingerprint density at radius 2 is 1.88 bits per heavy atom. The van der Waals surface area contributed by atoms with Crippen LogP contribution in [0, 0.1) is 5.92 Å². The second-order valence-electron chi connectivity index (χ2n) is 4.94. The molecule has 0 aromatic rings. The fourth-order valence-corrected chi connectivity index (χ4v) is 2.13.